The Morgan fingerprint density at radius 1 is 1.04 bits per heavy atom. The SMILES string of the molecule is O=C(CCCNC(=O)C12CC3CC(CC(C3)C1)C2)Nc1ccccc1F. The quantitative estimate of drug-likeness (QED) is 0.758. The van der Waals surface area contributed by atoms with Gasteiger partial charge >= 0.3 is 0 Å². The van der Waals surface area contributed by atoms with Crippen molar-refractivity contribution in [3.05, 3.63) is 30.1 Å². The van der Waals surface area contributed by atoms with Crippen LogP contribution in [0.15, 0.2) is 24.3 Å². The monoisotopic (exact) mass is 358 g/mol. The Morgan fingerprint density at radius 2 is 1.65 bits per heavy atom. The molecule has 4 aliphatic rings. The predicted molar refractivity (Wildman–Crippen MR) is 97.9 cm³/mol. The summed E-state index contributed by atoms with van der Waals surface area (Å²) in [6.07, 6.45) is 7.97. The number of carbonyl (C=O) groups is 2. The summed E-state index contributed by atoms with van der Waals surface area (Å²) in [4.78, 5) is 24.8. The van der Waals surface area contributed by atoms with E-state index >= 15 is 0 Å². The maximum absolute atomic E-state index is 13.5. The number of nitrogens with one attached hydrogen (secondary N) is 2. The zero-order valence-electron chi connectivity index (χ0n) is 15.1. The van der Waals surface area contributed by atoms with Gasteiger partial charge in [-0.2, -0.15) is 0 Å². The fraction of sp³-hybridized carbons (Fsp3) is 0.619. The molecule has 0 spiro atoms. The van der Waals surface area contributed by atoms with Crippen LogP contribution in [-0.2, 0) is 9.59 Å². The maximum Gasteiger partial charge on any atom is 0.226 e. The molecule has 4 nitrogen and oxygen atoms in total. The summed E-state index contributed by atoms with van der Waals surface area (Å²) in [5, 5.41) is 5.66. The van der Waals surface area contributed by atoms with E-state index in [4.69, 9.17) is 0 Å². The summed E-state index contributed by atoms with van der Waals surface area (Å²) >= 11 is 0. The number of hydrogen-bond acceptors (Lipinski definition) is 2. The van der Waals surface area contributed by atoms with Crippen molar-refractivity contribution in [1.29, 1.82) is 0 Å². The minimum Gasteiger partial charge on any atom is -0.356 e. The lowest BCUT2D eigenvalue weighted by molar-refractivity contribution is -0.146. The Hall–Kier alpha value is -1.91. The lowest BCUT2D eigenvalue weighted by Crippen LogP contribution is -2.53. The molecule has 0 heterocycles. The van der Waals surface area contributed by atoms with Crippen LogP contribution in [0.3, 0.4) is 0 Å². The molecule has 4 aliphatic carbocycles. The second kappa shape index (κ2) is 7.01. The van der Waals surface area contributed by atoms with Gasteiger partial charge in [0.2, 0.25) is 11.8 Å². The van der Waals surface area contributed by atoms with Gasteiger partial charge in [0.1, 0.15) is 5.82 Å². The van der Waals surface area contributed by atoms with E-state index in [1.165, 1.54) is 25.3 Å². The molecular weight excluding hydrogens is 331 g/mol. The first-order valence-corrected chi connectivity index (χ1v) is 9.87. The third kappa shape index (κ3) is 3.49. The fourth-order valence-corrected chi connectivity index (χ4v) is 5.80. The molecule has 0 unspecified atom stereocenters. The van der Waals surface area contributed by atoms with Crippen molar-refractivity contribution < 1.29 is 14.0 Å². The summed E-state index contributed by atoms with van der Waals surface area (Å²) in [7, 11) is 0. The van der Waals surface area contributed by atoms with E-state index in [2.05, 4.69) is 10.6 Å². The van der Waals surface area contributed by atoms with E-state index in [0.29, 0.717) is 13.0 Å². The number of halogens is 1. The molecule has 140 valence electrons. The number of benzene rings is 1. The van der Waals surface area contributed by atoms with E-state index < -0.39 is 5.82 Å². The van der Waals surface area contributed by atoms with Gasteiger partial charge in [-0.25, -0.2) is 4.39 Å². The molecule has 26 heavy (non-hydrogen) atoms. The van der Waals surface area contributed by atoms with Gasteiger partial charge in [0.15, 0.2) is 0 Å². The van der Waals surface area contributed by atoms with Crippen LogP contribution in [0.1, 0.15) is 51.4 Å². The normalized spacial score (nSPS) is 31.7. The Kier molecular flexibility index (Phi) is 4.72. The van der Waals surface area contributed by atoms with Crippen molar-refractivity contribution in [2.45, 2.75) is 51.4 Å². The minimum atomic E-state index is -0.434. The van der Waals surface area contributed by atoms with Gasteiger partial charge < -0.3 is 10.6 Å². The lowest BCUT2D eigenvalue weighted by atomic mass is 9.49. The molecule has 4 fully saturated rings. The van der Waals surface area contributed by atoms with Crippen LogP contribution >= 0.6 is 0 Å². The molecule has 0 atom stereocenters. The molecule has 0 saturated heterocycles. The molecule has 0 aromatic heterocycles. The Morgan fingerprint density at radius 3 is 2.27 bits per heavy atom. The Labute approximate surface area is 153 Å². The van der Waals surface area contributed by atoms with Crippen molar-refractivity contribution in [1.82, 2.24) is 5.32 Å². The highest BCUT2D eigenvalue weighted by Gasteiger charge is 2.54. The van der Waals surface area contributed by atoms with Gasteiger partial charge in [0, 0.05) is 18.4 Å². The van der Waals surface area contributed by atoms with Crippen molar-refractivity contribution in [3.63, 3.8) is 0 Å². The maximum atomic E-state index is 13.5. The first-order valence-electron chi connectivity index (χ1n) is 9.87. The van der Waals surface area contributed by atoms with Gasteiger partial charge in [0.25, 0.3) is 0 Å². The fourth-order valence-electron chi connectivity index (χ4n) is 5.80. The molecule has 4 saturated carbocycles. The standard InChI is InChI=1S/C21H27FN2O2/c22-17-4-1-2-5-18(17)24-19(25)6-3-7-23-20(26)21-11-14-8-15(12-21)10-16(9-14)13-21/h1-2,4-5,14-16H,3,6-13H2,(H,23,26)(H,24,25). The van der Waals surface area contributed by atoms with E-state index in [0.717, 1.165) is 37.0 Å². The smallest absolute Gasteiger partial charge is 0.226 e. The molecule has 1 aromatic rings. The van der Waals surface area contributed by atoms with Crippen molar-refractivity contribution >= 4 is 17.5 Å². The van der Waals surface area contributed by atoms with Gasteiger partial charge in [0.05, 0.1) is 5.69 Å². The topological polar surface area (TPSA) is 58.2 Å². The van der Waals surface area contributed by atoms with E-state index in [9.17, 15) is 14.0 Å². The van der Waals surface area contributed by atoms with E-state index in [1.54, 1.807) is 18.2 Å². The summed E-state index contributed by atoms with van der Waals surface area (Å²) in [5.41, 5.74) is 0.0691. The first-order chi connectivity index (χ1) is 12.5. The van der Waals surface area contributed by atoms with Crippen molar-refractivity contribution in [2.75, 3.05) is 11.9 Å². The largest absolute Gasteiger partial charge is 0.356 e. The average molecular weight is 358 g/mol. The molecular formula is C21H27FN2O2. The number of carbonyl (C=O) groups excluding carboxylic acids is 2. The van der Waals surface area contributed by atoms with Gasteiger partial charge in [-0.1, -0.05) is 12.1 Å². The number of hydrogen-bond donors (Lipinski definition) is 2. The number of amides is 2. The molecule has 5 rings (SSSR count). The van der Waals surface area contributed by atoms with Crippen LogP contribution in [0.25, 0.3) is 0 Å². The van der Waals surface area contributed by atoms with Crippen LogP contribution in [0.5, 0.6) is 0 Å². The molecule has 0 radical (unpaired) electrons. The van der Waals surface area contributed by atoms with Crippen LogP contribution in [0.2, 0.25) is 0 Å². The second-order valence-corrected chi connectivity index (χ2v) is 8.59. The molecule has 4 bridgehead atoms. The molecule has 2 amide bonds. The molecule has 0 aliphatic heterocycles. The van der Waals surface area contributed by atoms with Gasteiger partial charge in [-0.15, -0.1) is 0 Å². The summed E-state index contributed by atoms with van der Waals surface area (Å²) < 4.78 is 13.5. The zero-order chi connectivity index (χ0) is 18.1. The number of rotatable bonds is 6. The summed E-state index contributed by atoms with van der Waals surface area (Å²) in [6, 6.07) is 6.14. The highest BCUT2D eigenvalue weighted by atomic mass is 19.1. The molecule has 1 aromatic carbocycles. The number of anilines is 1. The Bertz CT molecular complexity index is 668. The van der Waals surface area contributed by atoms with Crippen LogP contribution in [0, 0.1) is 29.0 Å². The molecule has 5 heteroatoms. The Balaban J connectivity index is 1.22. The first kappa shape index (κ1) is 17.5. The van der Waals surface area contributed by atoms with Gasteiger partial charge in [-0.05, 0) is 74.8 Å². The highest BCUT2D eigenvalue weighted by molar-refractivity contribution is 5.90. The zero-order valence-corrected chi connectivity index (χ0v) is 15.1. The lowest BCUT2D eigenvalue weighted by Gasteiger charge is -2.55. The third-order valence-corrected chi connectivity index (χ3v) is 6.53. The third-order valence-electron chi connectivity index (χ3n) is 6.53. The second-order valence-electron chi connectivity index (χ2n) is 8.59. The summed E-state index contributed by atoms with van der Waals surface area (Å²) in [6.45, 7) is 0.505. The van der Waals surface area contributed by atoms with Crippen molar-refractivity contribution in [3.8, 4) is 0 Å². The predicted octanol–water partition coefficient (Wildman–Crippen LogP) is 3.88. The van der Waals surface area contributed by atoms with Crippen LogP contribution in [-0.4, -0.2) is 18.4 Å². The highest BCUT2D eigenvalue weighted by Crippen LogP contribution is 2.60. The van der Waals surface area contributed by atoms with E-state index in [-0.39, 0.29) is 29.3 Å². The van der Waals surface area contributed by atoms with Crippen molar-refractivity contribution in [2.24, 2.45) is 23.2 Å². The summed E-state index contributed by atoms with van der Waals surface area (Å²) in [5.74, 6) is 1.79. The van der Waals surface area contributed by atoms with E-state index in [1.807, 2.05) is 0 Å². The minimum absolute atomic E-state index is 0.135. The van der Waals surface area contributed by atoms with Crippen LogP contribution < -0.4 is 10.6 Å². The van der Waals surface area contributed by atoms with Crippen LogP contribution in [0.4, 0.5) is 10.1 Å². The van der Waals surface area contributed by atoms with Gasteiger partial charge in [-0.3, -0.25) is 9.59 Å². The molecule has 2 N–H and O–H groups in total. The average Bonchev–Trinajstić information content (AvgIpc) is 2.59. The number of para-hydroxylation sites is 1.